The minimum atomic E-state index is -3.98. The van der Waals surface area contributed by atoms with Crippen LogP contribution in [0.5, 0.6) is 0 Å². The molecule has 0 radical (unpaired) electrons. The molecule has 6 heteroatoms. The summed E-state index contributed by atoms with van der Waals surface area (Å²) in [5.41, 5.74) is -0.0568. The van der Waals surface area contributed by atoms with E-state index in [4.69, 9.17) is 9.66 Å². The first-order valence-electron chi connectivity index (χ1n) is 3.19. The van der Waals surface area contributed by atoms with E-state index in [1.807, 2.05) is 0 Å². The number of carboxylic acids is 1. The molecule has 0 saturated carbocycles. The Morgan fingerprint density at radius 3 is 2.25 bits per heavy atom. The van der Waals surface area contributed by atoms with Gasteiger partial charge in [-0.2, -0.15) is 8.42 Å². The topological polar surface area (TPSA) is 91.7 Å². The van der Waals surface area contributed by atoms with Crippen LogP contribution in [-0.2, 0) is 14.9 Å². The van der Waals surface area contributed by atoms with E-state index in [2.05, 4.69) is 6.58 Å². The second-order valence-corrected chi connectivity index (χ2v) is 3.87. The minimum absolute atomic E-state index is 0.0568. The third-order valence-electron chi connectivity index (χ3n) is 1.18. The molecule has 0 saturated heterocycles. The third-order valence-corrected chi connectivity index (χ3v) is 1.99. The minimum Gasteiger partial charge on any atom is -0.478 e. The van der Waals surface area contributed by atoms with Crippen molar-refractivity contribution in [2.75, 3.05) is 5.75 Å². The zero-order valence-electron chi connectivity index (χ0n) is 6.36. The average molecular weight is 194 g/mol. The van der Waals surface area contributed by atoms with Crippen molar-refractivity contribution in [2.45, 2.75) is 12.8 Å². The Bertz CT molecular complexity index is 276. The standard InChI is InChI=1S/C6H10O5S/c1-5(6(7)8)3-2-4-12(9,10)11/h1-4H2,(H,7,8)(H,9,10,11). The molecule has 0 aromatic heterocycles. The molecule has 12 heavy (non-hydrogen) atoms. The molecule has 0 aromatic carbocycles. The van der Waals surface area contributed by atoms with Crippen molar-refractivity contribution in [1.82, 2.24) is 0 Å². The number of aliphatic carboxylic acids is 1. The van der Waals surface area contributed by atoms with Crippen LogP contribution in [0, 0.1) is 0 Å². The summed E-state index contributed by atoms with van der Waals surface area (Å²) < 4.78 is 28.6. The zero-order chi connectivity index (χ0) is 9.78. The van der Waals surface area contributed by atoms with E-state index in [0.717, 1.165) is 0 Å². The summed E-state index contributed by atoms with van der Waals surface area (Å²) in [7, 11) is -3.98. The summed E-state index contributed by atoms with van der Waals surface area (Å²) in [5, 5.41) is 8.30. The fourth-order valence-electron chi connectivity index (χ4n) is 0.575. The van der Waals surface area contributed by atoms with E-state index in [1.165, 1.54) is 0 Å². The summed E-state index contributed by atoms with van der Waals surface area (Å²) in [6.45, 7) is 3.20. The molecule has 0 aromatic rings. The van der Waals surface area contributed by atoms with Gasteiger partial charge < -0.3 is 5.11 Å². The lowest BCUT2D eigenvalue weighted by Crippen LogP contribution is -2.06. The van der Waals surface area contributed by atoms with Crippen molar-refractivity contribution >= 4 is 16.1 Å². The molecular formula is C6H10O5S. The van der Waals surface area contributed by atoms with Crippen molar-refractivity contribution in [3.05, 3.63) is 12.2 Å². The Balaban J connectivity index is 3.73. The maximum absolute atomic E-state index is 10.2. The lowest BCUT2D eigenvalue weighted by molar-refractivity contribution is -0.132. The Labute approximate surface area is 70.5 Å². The van der Waals surface area contributed by atoms with Crippen molar-refractivity contribution in [2.24, 2.45) is 0 Å². The number of rotatable bonds is 5. The van der Waals surface area contributed by atoms with Gasteiger partial charge in [0.2, 0.25) is 0 Å². The summed E-state index contributed by atoms with van der Waals surface area (Å²) >= 11 is 0. The lowest BCUT2D eigenvalue weighted by Gasteiger charge is -1.97. The molecule has 0 aliphatic rings. The summed E-state index contributed by atoms with van der Waals surface area (Å²) in [5.74, 6) is -1.58. The first-order valence-corrected chi connectivity index (χ1v) is 4.80. The fraction of sp³-hybridized carbons (Fsp3) is 0.500. The quantitative estimate of drug-likeness (QED) is 0.485. The van der Waals surface area contributed by atoms with Crippen LogP contribution >= 0.6 is 0 Å². The molecule has 0 aliphatic carbocycles. The van der Waals surface area contributed by atoms with E-state index in [0.29, 0.717) is 0 Å². The largest absolute Gasteiger partial charge is 0.478 e. The molecule has 5 nitrogen and oxygen atoms in total. The molecule has 2 N–H and O–H groups in total. The first-order chi connectivity index (χ1) is 5.33. The molecule has 0 bridgehead atoms. The first kappa shape index (κ1) is 11.1. The van der Waals surface area contributed by atoms with E-state index in [-0.39, 0.29) is 18.4 Å². The van der Waals surface area contributed by atoms with Gasteiger partial charge in [-0.05, 0) is 12.8 Å². The molecule has 0 atom stereocenters. The molecule has 0 amide bonds. The smallest absolute Gasteiger partial charge is 0.330 e. The maximum atomic E-state index is 10.2. The SMILES string of the molecule is C=C(CCCS(=O)(=O)O)C(=O)O. The summed E-state index contributed by atoms with van der Waals surface area (Å²) in [6, 6.07) is 0. The van der Waals surface area contributed by atoms with Crippen LogP contribution in [-0.4, -0.2) is 29.8 Å². The Kier molecular flexibility index (Phi) is 3.91. The van der Waals surface area contributed by atoms with Gasteiger partial charge in [-0.15, -0.1) is 0 Å². The van der Waals surface area contributed by atoms with Crippen LogP contribution in [0.3, 0.4) is 0 Å². The fourth-order valence-corrected chi connectivity index (χ4v) is 1.08. The molecule has 0 unspecified atom stereocenters. The highest BCUT2D eigenvalue weighted by molar-refractivity contribution is 7.85. The van der Waals surface area contributed by atoms with Gasteiger partial charge in [0.25, 0.3) is 10.1 Å². The normalized spacial score (nSPS) is 11.1. The maximum Gasteiger partial charge on any atom is 0.330 e. The predicted molar refractivity (Wildman–Crippen MR) is 42.4 cm³/mol. The number of carboxylic acid groups (broad SMARTS) is 1. The van der Waals surface area contributed by atoms with Crippen LogP contribution in [0.1, 0.15) is 12.8 Å². The number of carbonyl (C=O) groups is 1. The lowest BCUT2D eigenvalue weighted by atomic mass is 10.2. The Morgan fingerprint density at radius 1 is 1.42 bits per heavy atom. The van der Waals surface area contributed by atoms with Crippen molar-refractivity contribution in [1.29, 1.82) is 0 Å². The van der Waals surface area contributed by atoms with Gasteiger partial charge in [0.05, 0.1) is 5.75 Å². The predicted octanol–water partition coefficient (Wildman–Crippen LogP) is 0.295. The summed E-state index contributed by atoms with van der Waals surface area (Å²) in [4.78, 5) is 10.1. The van der Waals surface area contributed by atoms with Crippen LogP contribution in [0.4, 0.5) is 0 Å². The second-order valence-electron chi connectivity index (χ2n) is 2.30. The van der Waals surface area contributed by atoms with Crippen LogP contribution in [0.2, 0.25) is 0 Å². The molecular weight excluding hydrogens is 184 g/mol. The van der Waals surface area contributed by atoms with Gasteiger partial charge in [-0.3, -0.25) is 4.55 Å². The van der Waals surface area contributed by atoms with Gasteiger partial charge in [-0.25, -0.2) is 4.79 Å². The summed E-state index contributed by atoms with van der Waals surface area (Å²) in [6.07, 6.45) is 0.138. The molecule has 0 heterocycles. The molecule has 0 fully saturated rings. The number of hydrogen-bond donors (Lipinski definition) is 2. The van der Waals surface area contributed by atoms with Crippen LogP contribution in [0.25, 0.3) is 0 Å². The van der Waals surface area contributed by atoms with Crippen molar-refractivity contribution in [3.8, 4) is 0 Å². The van der Waals surface area contributed by atoms with E-state index >= 15 is 0 Å². The van der Waals surface area contributed by atoms with Crippen molar-refractivity contribution < 1.29 is 22.9 Å². The van der Waals surface area contributed by atoms with E-state index < -0.39 is 21.8 Å². The van der Waals surface area contributed by atoms with Crippen LogP contribution in [0.15, 0.2) is 12.2 Å². The zero-order valence-corrected chi connectivity index (χ0v) is 7.17. The molecule has 70 valence electrons. The van der Waals surface area contributed by atoms with E-state index in [9.17, 15) is 13.2 Å². The highest BCUT2D eigenvalue weighted by atomic mass is 32.2. The van der Waals surface area contributed by atoms with Gasteiger partial charge in [0.15, 0.2) is 0 Å². The molecule has 0 aliphatic heterocycles. The van der Waals surface area contributed by atoms with Gasteiger partial charge in [-0.1, -0.05) is 6.58 Å². The molecule has 0 rings (SSSR count). The Morgan fingerprint density at radius 2 is 1.92 bits per heavy atom. The highest BCUT2D eigenvalue weighted by Crippen LogP contribution is 2.03. The third kappa shape index (κ3) is 5.87. The second kappa shape index (κ2) is 4.22. The average Bonchev–Trinajstić information content (AvgIpc) is 1.84. The van der Waals surface area contributed by atoms with Crippen LogP contribution < -0.4 is 0 Å². The van der Waals surface area contributed by atoms with Crippen molar-refractivity contribution in [3.63, 3.8) is 0 Å². The van der Waals surface area contributed by atoms with E-state index in [1.54, 1.807) is 0 Å². The monoisotopic (exact) mass is 194 g/mol. The van der Waals surface area contributed by atoms with Gasteiger partial charge in [0.1, 0.15) is 0 Å². The molecule has 0 spiro atoms. The van der Waals surface area contributed by atoms with Gasteiger partial charge >= 0.3 is 5.97 Å². The van der Waals surface area contributed by atoms with Gasteiger partial charge in [0, 0.05) is 5.57 Å². The highest BCUT2D eigenvalue weighted by Gasteiger charge is 2.07. The Hall–Kier alpha value is -0.880. The number of hydrogen-bond acceptors (Lipinski definition) is 3.